The minimum atomic E-state index is -4.76. The van der Waals surface area contributed by atoms with Crippen LogP contribution in [0.25, 0.3) is 0 Å². The van der Waals surface area contributed by atoms with Crippen molar-refractivity contribution in [1.82, 2.24) is 5.32 Å². The molecule has 4 N–H and O–H groups in total. The van der Waals surface area contributed by atoms with Gasteiger partial charge in [-0.3, -0.25) is 18.6 Å². The number of hydrogen-bond acceptors (Lipinski definition) is 8. The van der Waals surface area contributed by atoms with E-state index in [0.29, 0.717) is 12.8 Å². The van der Waals surface area contributed by atoms with E-state index in [0.717, 1.165) is 38.5 Å². The third-order valence-corrected chi connectivity index (χ3v) is 13.8. The smallest absolute Gasteiger partial charge is 0.472 e. The number of carboxylic acid groups (broad SMARTS) is 1. The maximum absolute atomic E-state index is 12.4. The Hall–Kier alpha value is -1.78. The number of rotatable bonds is 54. The van der Waals surface area contributed by atoms with E-state index in [2.05, 4.69) is 31.3 Å². The highest BCUT2D eigenvalue weighted by molar-refractivity contribution is 7.47. The topological polar surface area (TPSA) is 169 Å². The summed E-state index contributed by atoms with van der Waals surface area (Å²) >= 11 is 0. The van der Waals surface area contributed by atoms with Crippen LogP contribution in [0.3, 0.4) is 0 Å². The zero-order valence-electron chi connectivity index (χ0n) is 43.5. The number of carbonyl (C=O) groups is 3. The lowest BCUT2D eigenvalue weighted by atomic mass is 10.0. The van der Waals surface area contributed by atoms with Crippen molar-refractivity contribution in [3.8, 4) is 0 Å². The fourth-order valence-electron chi connectivity index (χ4n) is 8.43. The first-order chi connectivity index (χ1) is 32.6. The summed E-state index contributed by atoms with van der Waals surface area (Å²) in [5, 5.41) is 22.0. The lowest BCUT2D eigenvalue weighted by molar-refractivity contribution is -0.147. The second kappa shape index (κ2) is 50.6. The van der Waals surface area contributed by atoms with Crippen LogP contribution in [0.15, 0.2) is 12.2 Å². The minimum absolute atomic E-state index is 0.150. The van der Waals surface area contributed by atoms with Crippen molar-refractivity contribution in [1.29, 1.82) is 0 Å². The molecule has 0 aliphatic carbocycles. The van der Waals surface area contributed by atoms with Crippen LogP contribution in [0.2, 0.25) is 0 Å². The Kier molecular flexibility index (Phi) is 49.3. The van der Waals surface area contributed by atoms with Gasteiger partial charge in [0.15, 0.2) is 6.04 Å². The summed E-state index contributed by atoms with van der Waals surface area (Å²) in [6.45, 7) is 2.66. The van der Waals surface area contributed by atoms with Gasteiger partial charge in [0, 0.05) is 12.8 Å². The van der Waals surface area contributed by atoms with E-state index in [1.54, 1.807) is 0 Å². The molecule has 12 heteroatoms. The summed E-state index contributed by atoms with van der Waals surface area (Å²) in [6, 6.07) is -1.54. The van der Waals surface area contributed by atoms with Gasteiger partial charge in [0.2, 0.25) is 5.91 Å². The molecule has 0 aromatic heterocycles. The van der Waals surface area contributed by atoms with Crippen LogP contribution < -0.4 is 5.32 Å². The van der Waals surface area contributed by atoms with E-state index < -0.39 is 57.6 Å². The van der Waals surface area contributed by atoms with Crippen LogP contribution in [0.1, 0.15) is 290 Å². The molecule has 0 aliphatic heterocycles. The van der Waals surface area contributed by atoms with Crippen LogP contribution in [0.5, 0.6) is 0 Å². The molecule has 0 radical (unpaired) electrons. The number of aliphatic hydroxyl groups excluding tert-OH is 1. The first-order valence-corrected chi connectivity index (χ1v) is 29.7. The van der Waals surface area contributed by atoms with Crippen LogP contribution in [-0.4, -0.2) is 64.9 Å². The van der Waals surface area contributed by atoms with Crippen molar-refractivity contribution in [3.05, 3.63) is 12.2 Å². The van der Waals surface area contributed by atoms with Gasteiger partial charge in [-0.15, -0.1) is 0 Å². The Bertz CT molecular complexity index is 1190. The van der Waals surface area contributed by atoms with E-state index in [1.807, 2.05) is 0 Å². The largest absolute Gasteiger partial charge is 0.480 e. The van der Waals surface area contributed by atoms with E-state index in [9.17, 15) is 34.1 Å². The van der Waals surface area contributed by atoms with Crippen LogP contribution in [0, 0.1) is 0 Å². The van der Waals surface area contributed by atoms with Crippen molar-refractivity contribution in [2.45, 2.75) is 302 Å². The molecule has 3 atom stereocenters. The molecule has 0 rings (SSSR count). The Labute approximate surface area is 411 Å². The van der Waals surface area contributed by atoms with E-state index >= 15 is 0 Å². The van der Waals surface area contributed by atoms with E-state index in [1.165, 1.54) is 212 Å². The van der Waals surface area contributed by atoms with E-state index in [-0.39, 0.29) is 12.8 Å². The fourth-order valence-corrected chi connectivity index (χ4v) is 9.20. The summed E-state index contributed by atoms with van der Waals surface area (Å²) in [5.41, 5.74) is 0. The zero-order valence-corrected chi connectivity index (χ0v) is 44.4. The van der Waals surface area contributed by atoms with Gasteiger partial charge < -0.3 is 25.2 Å². The molecule has 396 valence electrons. The van der Waals surface area contributed by atoms with Crippen LogP contribution in [0.4, 0.5) is 0 Å². The SMILES string of the molecule is CCCCCCCC/C=C/CCCCCCCCCCCCCCCC(=O)NC(COP(=O)(O)OCC(O)COC(=O)CCCCCCCCCCCCCCCCCCCCCC)C(=O)O. The number of aliphatic hydroxyl groups is 1. The highest BCUT2D eigenvalue weighted by Gasteiger charge is 2.28. The summed E-state index contributed by atoms with van der Waals surface area (Å²) in [5.74, 6) is -2.35. The average Bonchev–Trinajstić information content (AvgIpc) is 3.31. The van der Waals surface area contributed by atoms with Gasteiger partial charge in [-0.05, 0) is 38.5 Å². The number of hydrogen-bond donors (Lipinski definition) is 4. The maximum atomic E-state index is 12.4. The molecule has 11 nitrogen and oxygen atoms in total. The van der Waals surface area contributed by atoms with Crippen molar-refractivity contribution in [2.24, 2.45) is 0 Å². The first kappa shape index (κ1) is 65.2. The van der Waals surface area contributed by atoms with Crippen LogP contribution in [-0.2, 0) is 32.7 Å². The summed E-state index contributed by atoms with van der Waals surface area (Å²) in [4.78, 5) is 46.2. The number of carboxylic acids is 1. The normalized spacial score (nSPS) is 13.5. The average molecular weight is 972 g/mol. The Morgan fingerprint density at radius 3 is 1.13 bits per heavy atom. The molecule has 67 heavy (non-hydrogen) atoms. The monoisotopic (exact) mass is 972 g/mol. The quantitative estimate of drug-likeness (QED) is 0.0199. The molecule has 0 aromatic rings. The molecule has 0 fully saturated rings. The van der Waals surface area contributed by atoms with E-state index in [4.69, 9.17) is 13.8 Å². The Balaban J connectivity index is 3.75. The van der Waals surface area contributed by atoms with Crippen LogP contribution >= 0.6 is 7.82 Å². The molecule has 0 aromatic carbocycles. The maximum Gasteiger partial charge on any atom is 0.472 e. The number of ether oxygens (including phenoxy) is 1. The molecule has 3 unspecified atom stereocenters. The molecule has 0 saturated carbocycles. The number of phosphoric acid groups is 1. The zero-order chi connectivity index (χ0) is 49.2. The summed E-state index contributed by atoms with van der Waals surface area (Å²) < 4.78 is 27.0. The molecular formula is C55H106NO10P. The number of esters is 1. The summed E-state index contributed by atoms with van der Waals surface area (Å²) in [6.07, 6.45) is 55.2. The molecule has 0 spiro atoms. The van der Waals surface area contributed by atoms with Crippen molar-refractivity contribution in [3.63, 3.8) is 0 Å². The van der Waals surface area contributed by atoms with Gasteiger partial charge in [0.05, 0.1) is 13.2 Å². The van der Waals surface area contributed by atoms with Crippen molar-refractivity contribution in [2.75, 3.05) is 19.8 Å². The fraction of sp³-hybridized carbons (Fsp3) is 0.909. The molecule has 1 amide bonds. The second-order valence-corrected chi connectivity index (χ2v) is 20.9. The molecule has 0 bridgehead atoms. The number of aliphatic carboxylic acids is 1. The van der Waals surface area contributed by atoms with Gasteiger partial charge in [-0.25, -0.2) is 9.36 Å². The number of allylic oxidation sites excluding steroid dienone is 2. The lowest BCUT2D eigenvalue weighted by Crippen LogP contribution is -2.43. The number of carbonyl (C=O) groups excluding carboxylic acids is 2. The number of unbranched alkanes of at least 4 members (excludes halogenated alkanes) is 38. The molecular weight excluding hydrogens is 866 g/mol. The third kappa shape index (κ3) is 50.4. The Morgan fingerprint density at radius 1 is 0.463 bits per heavy atom. The number of nitrogens with one attached hydrogen (secondary N) is 1. The Morgan fingerprint density at radius 2 is 0.776 bits per heavy atom. The van der Waals surface area contributed by atoms with Gasteiger partial charge in [-0.1, -0.05) is 251 Å². The highest BCUT2D eigenvalue weighted by Crippen LogP contribution is 2.43. The van der Waals surface area contributed by atoms with Gasteiger partial charge in [0.1, 0.15) is 12.7 Å². The number of amides is 1. The second-order valence-electron chi connectivity index (χ2n) is 19.5. The third-order valence-electron chi connectivity index (χ3n) is 12.8. The lowest BCUT2D eigenvalue weighted by Gasteiger charge is -2.18. The van der Waals surface area contributed by atoms with Crippen molar-refractivity contribution < 1.29 is 47.8 Å². The molecule has 0 heterocycles. The first-order valence-electron chi connectivity index (χ1n) is 28.2. The molecule has 0 aliphatic rings. The predicted molar refractivity (Wildman–Crippen MR) is 277 cm³/mol. The minimum Gasteiger partial charge on any atom is -0.480 e. The predicted octanol–water partition coefficient (Wildman–Crippen LogP) is 16.0. The van der Waals surface area contributed by atoms with Gasteiger partial charge in [-0.2, -0.15) is 0 Å². The summed E-state index contributed by atoms with van der Waals surface area (Å²) in [7, 11) is -4.76. The van der Waals surface area contributed by atoms with Gasteiger partial charge in [0.25, 0.3) is 0 Å². The van der Waals surface area contributed by atoms with Gasteiger partial charge >= 0.3 is 19.8 Å². The number of phosphoric ester groups is 1. The standard InChI is InChI=1S/C55H106NO10P/c1-3-5-7-9-11-13-15-17-19-21-23-25-26-27-28-30-32-34-36-38-40-42-44-46-53(58)56-52(55(60)61)50-66-67(62,63)65-49-51(57)48-64-54(59)47-45-43-41-39-37-35-33-31-29-24-22-20-18-16-14-12-10-8-6-4-2/h17,19,51-52,57H,3-16,18,20-50H2,1-2H3,(H,56,58)(H,60,61)(H,62,63)/b19-17+. The van der Waals surface area contributed by atoms with Crippen molar-refractivity contribution >= 4 is 25.7 Å². The molecule has 0 saturated heterocycles. The highest BCUT2D eigenvalue weighted by atomic mass is 31.2.